The first-order chi connectivity index (χ1) is 15.9. The molecule has 5 rings (SSSR count). The van der Waals surface area contributed by atoms with Gasteiger partial charge in [-0.1, -0.05) is 30.3 Å². The summed E-state index contributed by atoms with van der Waals surface area (Å²) < 4.78 is 33.3. The summed E-state index contributed by atoms with van der Waals surface area (Å²) in [4.78, 5) is 15.8. The van der Waals surface area contributed by atoms with Gasteiger partial charge in [0.15, 0.2) is 9.84 Å². The van der Waals surface area contributed by atoms with Crippen LogP contribution in [0.3, 0.4) is 0 Å². The molecular formula is C25H27N3O4S. The van der Waals surface area contributed by atoms with E-state index in [1.165, 1.54) is 0 Å². The Bertz CT molecular complexity index is 1270. The maximum Gasteiger partial charge on any atom is 0.272 e. The molecule has 0 radical (unpaired) electrons. The van der Waals surface area contributed by atoms with Crippen molar-refractivity contribution in [1.82, 2.24) is 14.7 Å². The van der Waals surface area contributed by atoms with E-state index in [1.807, 2.05) is 41.3 Å². The lowest BCUT2D eigenvalue weighted by atomic mass is 10.0. The zero-order chi connectivity index (χ0) is 23.2. The summed E-state index contributed by atoms with van der Waals surface area (Å²) in [6.45, 7) is 0. The van der Waals surface area contributed by atoms with E-state index >= 15 is 0 Å². The molecule has 3 aromatic rings. The number of hydrogen-bond donors (Lipinski definition) is 0. The van der Waals surface area contributed by atoms with Gasteiger partial charge in [-0.15, -0.1) is 0 Å². The fraction of sp³-hybridized carbons (Fsp3) is 0.360. The van der Waals surface area contributed by atoms with E-state index in [1.54, 1.807) is 43.1 Å². The van der Waals surface area contributed by atoms with Gasteiger partial charge in [0.1, 0.15) is 11.4 Å². The average Bonchev–Trinajstić information content (AvgIpc) is 3.35. The van der Waals surface area contributed by atoms with Gasteiger partial charge >= 0.3 is 0 Å². The lowest BCUT2D eigenvalue weighted by Gasteiger charge is -2.38. The molecule has 2 fully saturated rings. The number of aryl methyl sites for hydroxylation is 1. The van der Waals surface area contributed by atoms with Crippen LogP contribution in [0.4, 0.5) is 0 Å². The van der Waals surface area contributed by atoms with E-state index < -0.39 is 15.1 Å². The summed E-state index contributed by atoms with van der Waals surface area (Å²) in [6.07, 6.45) is 2.61. The van der Waals surface area contributed by atoms with Crippen molar-refractivity contribution in [1.29, 1.82) is 0 Å². The van der Waals surface area contributed by atoms with Crippen molar-refractivity contribution >= 4 is 15.7 Å². The fourth-order valence-electron chi connectivity index (χ4n) is 5.24. The number of carbonyl (C=O) groups excluding carboxylic acids is 1. The maximum atomic E-state index is 13.6. The molecule has 172 valence electrons. The van der Waals surface area contributed by atoms with Crippen LogP contribution in [0.25, 0.3) is 11.3 Å². The van der Waals surface area contributed by atoms with E-state index in [0.717, 1.165) is 24.2 Å². The van der Waals surface area contributed by atoms with Crippen LogP contribution in [0.1, 0.15) is 36.2 Å². The van der Waals surface area contributed by atoms with Crippen molar-refractivity contribution in [2.24, 2.45) is 7.05 Å². The van der Waals surface area contributed by atoms with E-state index in [0.29, 0.717) is 29.1 Å². The smallest absolute Gasteiger partial charge is 0.272 e. The van der Waals surface area contributed by atoms with Gasteiger partial charge in [-0.25, -0.2) is 8.42 Å². The second-order valence-corrected chi connectivity index (χ2v) is 11.0. The molecule has 7 nitrogen and oxygen atoms in total. The number of nitrogens with zero attached hydrogens (tertiary/aromatic N) is 3. The van der Waals surface area contributed by atoms with Crippen LogP contribution >= 0.6 is 0 Å². The number of hydrogen-bond acceptors (Lipinski definition) is 5. The molecule has 1 aromatic heterocycles. The van der Waals surface area contributed by atoms with Crippen molar-refractivity contribution < 1.29 is 17.9 Å². The van der Waals surface area contributed by atoms with Gasteiger partial charge in [0.25, 0.3) is 5.91 Å². The topological polar surface area (TPSA) is 81.5 Å². The van der Waals surface area contributed by atoms with Crippen molar-refractivity contribution in [2.45, 2.75) is 47.9 Å². The van der Waals surface area contributed by atoms with Crippen LogP contribution in [0.5, 0.6) is 5.75 Å². The van der Waals surface area contributed by atoms with Gasteiger partial charge in [0.05, 0.1) is 22.9 Å². The van der Waals surface area contributed by atoms with Crippen LogP contribution in [0.15, 0.2) is 65.6 Å². The SMILES string of the molecule is COc1cccc(-c2cc(C(=O)N3C4CCC3CC(S(=O)(=O)c3ccccc3)C4)n(C)n2)c1. The number of sulfone groups is 1. The molecule has 3 heterocycles. The third-order valence-electron chi connectivity index (χ3n) is 6.90. The average molecular weight is 466 g/mol. The standard InChI is InChI=1S/C25H27N3O4S/c1-27-24(16-23(26-27)17-7-6-8-20(13-17)32-2)25(29)28-18-11-12-19(28)15-22(14-18)33(30,31)21-9-4-3-5-10-21/h3-10,13,16,18-19,22H,11-12,14-15H2,1-2H3. The van der Waals surface area contributed by atoms with Crippen molar-refractivity contribution in [2.75, 3.05) is 7.11 Å². The lowest BCUT2D eigenvalue weighted by molar-refractivity contribution is 0.0586. The molecule has 0 N–H and O–H groups in total. The molecule has 1 amide bonds. The molecule has 0 spiro atoms. The summed E-state index contributed by atoms with van der Waals surface area (Å²) in [6, 6.07) is 17.9. The Morgan fingerprint density at radius 3 is 2.36 bits per heavy atom. The quantitative estimate of drug-likeness (QED) is 0.574. The molecule has 2 atom stereocenters. The maximum absolute atomic E-state index is 13.6. The van der Waals surface area contributed by atoms with E-state index in [4.69, 9.17) is 4.74 Å². The molecule has 0 saturated carbocycles. The number of rotatable bonds is 5. The molecule has 2 aromatic carbocycles. The third-order valence-corrected chi connectivity index (χ3v) is 9.09. The fourth-order valence-corrected chi connectivity index (χ4v) is 7.11. The minimum atomic E-state index is -3.42. The van der Waals surface area contributed by atoms with Gasteiger partial charge in [-0.05, 0) is 56.0 Å². The molecule has 2 aliphatic rings. The second-order valence-electron chi connectivity index (χ2n) is 8.82. The zero-order valence-corrected chi connectivity index (χ0v) is 19.5. The first-order valence-electron chi connectivity index (χ1n) is 11.2. The number of aromatic nitrogens is 2. The molecule has 2 bridgehead atoms. The molecular weight excluding hydrogens is 438 g/mol. The zero-order valence-electron chi connectivity index (χ0n) is 18.7. The Labute approximate surface area is 193 Å². The Hall–Kier alpha value is -3.13. The Morgan fingerprint density at radius 2 is 1.70 bits per heavy atom. The summed E-state index contributed by atoms with van der Waals surface area (Å²) in [5, 5.41) is 4.10. The van der Waals surface area contributed by atoms with Crippen LogP contribution in [-0.2, 0) is 16.9 Å². The van der Waals surface area contributed by atoms with Crippen LogP contribution in [0.2, 0.25) is 0 Å². The molecule has 2 aliphatic heterocycles. The largest absolute Gasteiger partial charge is 0.497 e. The number of piperidine rings is 1. The second kappa shape index (κ2) is 8.33. The van der Waals surface area contributed by atoms with Gasteiger partial charge in [0, 0.05) is 24.7 Å². The highest BCUT2D eigenvalue weighted by Crippen LogP contribution is 2.40. The molecule has 2 unspecified atom stereocenters. The van der Waals surface area contributed by atoms with Gasteiger partial charge < -0.3 is 9.64 Å². The minimum absolute atomic E-state index is 0.0742. The number of benzene rings is 2. The monoisotopic (exact) mass is 465 g/mol. The highest BCUT2D eigenvalue weighted by Gasteiger charge is 2.47. The van der Waals surface area contributed by atoms with Gasteiger partial charge in [0.2, 0.25) is 0 Å². The van der Waals surface area contributed by atoms with Crippen LogP contribution < -0.4 is 4.74 Å². The van der Waals surface area contributed by atoms with Crippen LogP contribution in [-0.4, -0.2) is 53.4 Å². The summed E-state index contributed by atoms with van der Waals surface area (Å²) in [5.41, 5.74) is 2.09. The molecule has 0 aliphatic carbocycles. The van der Waals surface area contributed by atoms with Crippen molar-refractivity contribution in [3.05, 3.63) is 66.4 Å². The highest BCUT2D eigenvalue weighted by molar-refractivity contribution is 7.92. The number of methoxy groups -OCH3 is 1. The predicted molar refractivity (Wildman–Crippen MR) is 125 cm³/mol. The first kappa shape index (κ1) is 21.7. The van der Waals surface area contributed by atoms with Gasteiger partial charge in [-0.2, -0.15) is 5.10 Å². The Morgan fingerprint density at radius 1 is 1.00 bits per heavy atom. The van der Waals surface area contributed by atoms with Crippen molar-refractivity contribution in [3.63, 3.8) is 0 Å². The number of amides is 1. The summed E-state index contributed by atoms with van der Waals surface area (Å²) >= 11 is 0. The normalized spacial score (nSPS) is 22.4. The Balaban J connectivity index is 1.38. The van der Waals surface area contributed by atoms with Crippen LogP contribution in [0, 0.1) is 0 Å². The van der Waals surface area contributed by atoms with E-state index in [9.17, 15) is 13.2 Å². The number of carbonyl (C=O) groups is 1. The number of fused-ring (bicyclic) bond motifs is 2. The first-order valence-corrected chi connectivity index (χ1v) is 12.7. The van der Waals surface area contributed by atoms with Crippen molar-refractivity contribution in [3.8, 4) is 17.0 Å². The summed E-state index contributed by atoms with van der Waals surface area (Å²) in [7, 11) is -0.0315. The van der Waals surface area contributed by atoms with E-state index in [-0.39, 0.29) is 18.0 Å². The summed E-state index contributed by atoms with van der Waals surface area (Å²) in [5.74, 6) is 0.646. The Kier molecular flexibility index (Phi) is 5.48. The lowest BCUT2D eigenvalue weighted by Crippen LogP contribution is -2.50. The predicted octanol–water partition coefficient (Wildman–Crippen LogP) is 3.71. The minimum Gasteiger partial charge on any atom is -0.497 e. The molecule has 8 heteroatoms. The third kappa shape index (κ3) is 3.82. The van der Waals surface area contributed by atoms with E-state index in [2.05, 4.69) is 5.10 Å². The van der Waals surface area contributed by atoms with Gasteiger partial charge in [-0.3, -0.25) is 9.48 Å². The molecule has 33 heavy (non-hydrogen) atoms. The highest BCUT2D eigenvalue weighted by atomic mass is 32.2. The molecule has 2 saturated heterocycles. The number of ether oxygens (including phenoxy) is 1.